The smallest absolute Gasteiger partial charge is 0.289 e. The van der Waals surface area contributed by atoms with E-state index >= 15 is 0 Å². The number of hydrogen-bond acceptors (Lipinski definition) is 4. The van der Waals surface area contributed by atoms with Gasteiger partial charge in [-0.15, -0.1) is 0 Å². The molecule has 3 rings (SSSR count). The molecule has 0 aromatic carbocycles. The topological polar surface area (TPSA) is 64.8 Å². The van der Waals surface area contributed by atoms with Crippen molar-refractivity contribution in [1.29, 1.82) is 0 Å². The monoisotopic (exact) mass is 345 g/mol. The third-order valence-electron chi connectivity index (χ3n) is 4.02. The van der Waals surface area contributed by atoms with Crippen LogP contribution in [0.3, 0.4) is 0 Å². The van der Waals surface area contributed by atoms with Crippen LogP contribution < -0.4 is 5.56 Å². The van der Waals surface area contributed by atoms with Gasteiger partial charge >= 0.3 is 6.18 Å². The Morgan fingerprint density at radius 3 is 2.52 bits per heavy atom. The molecule has 2 heterocycles. The fourth-order valence-electron chi connectivity index (χ4n) is 2.99. The van der Waals surface area contributed by atoms with Gasteiger partial charge in [-0.05, 0) is 12.8 Å². The van der Waals surface area contributed by atoms with Crippen molar-refractivity contribution in [2.24, 2.45) is 0 Å². The van der Waals surface area contributed by atoms with Gasteiger partial charge in [-0.3, -0.25) is 13.6 Å². The van der Waals surface area contributed by atoms with Gasteiger partial charge in [0.2, 0.25) is 5.16 Å². The normalized spacial score (nSPS) is 17.7. The van der Waals surface area contributed by atoms with Gasteiger partial charge in [0, 0.05) is 29.9 Å². The summed E-state index contributed by atoms with van der Waals surface area (Å²) in [5.74, 6) is 0. The Labute approximate surface area is 132 Å². The van der Waals surface area contributed by atoms with Crippen LogP contribution in [0.2, 0.25) is 0 Å². The van der Waals surface area contributed by atoms with Gasteiger partial charge in [0.15, 0.2) is 0 Å². The Morgan fingerprint density at radius 2 is 1.96 bits per heavy atom. The van der Waals surface area contributed by atoms with Crippen LogP contribution in [0.25, 0.3) is 11.0 Å². The lowest BCUT2D eigenvalue weighted by Crippen LogP contribution is -2.27. The number of nitrogens with zero attached hydrogens (tertiary/aromatic N) is 3. The summed E-state index contributed by atoms with van der Waals surface area (Å²) in [4.78, 5) is 20.1. The lowest BCUT2D eigenvalue weighted by atomic mass is 10.1. The Hall–Kier alpha value is -1.77. The number of fused-ring (bicyclic) bond motifs is 1. The molecule has 1 aliphatic carbocycles. The van der Waals surface area contributed by atoms with Crippen LogP contribution in [-0.4, -0.2) is 25.0 Å². The van der Waals surface area contributed by atoms with Crippen molar-refractivity contribution >= 4 is 21.8 Å². The number of pyridine rings is 1. The van der Waals surface area contributed by atoms with Crippen LogP contribution in [0.5, 0.6) is 0 Å². The van der Waals surface area contributed by atoms with Gasteiger partial charge in [0.25, 0.3) is 5.56 Å². The maximum absolute atomic E-state index is 13.2. The van der Waals surface area contributed by atoms with E-state index in [1.807, 2.05) is 0 Å². The van der Waals surface area contributed by atoms with E-state index in [0.717, 1.165) is 31.9 Å². The second kappa shape index (κ2) is 5.70. The zero-order valence-corrected chi connectivity index (χ0v) is 13.1. The first kappa shape index (κ1) is 16.1. The fourth-order valence-corrected chi connectivity index (χ4v) is 3.41. The van der Waals surface area contributed by atoms with Crippen molar-refractivity contribution in [3.05, 3.63) is 28.2 Å². The predicted octanol–water partition coefficient (Wildman–Crippen LogP) is 2.66. The number of halogens is 3. The van der Waals surface area contributed by atoms with Gasteiger partial charge < -0.3 is 0 Å². The minimum atomic E-state index is -4.68. The van der Waals surface area contributed by atoms with Gasteiger partial charge in [-0.1, -0.05) is 12.8 Å². The molecular formula is C14H14F3N3O2S. The highest BCUT2D eigenvalue weighted by molar-refractivity contribution is 7.84. The maximum Gasteiger partial charge on any atom is 0.417 e. The summed E-state index contributed by atoms with van der Waals surface area (Å²) in [5.41, 5.74) is -1.87. The van der Waals surface area contributed by atoms with Crippen molar-refractivity contribution in [2.75, 3.05) is 6.26 Å². The second-order valence-electron chi connectivity index (χ2n) is 5.55. The standard InChI is InChI=1S/C14H14F3N3O2S/c1-23(22)13-18-7-9-10(14(15,16)17)6-11(21)20(12(9)19-13)8-4-2-3-5-8/h6-8H,2-5H2,1H3. The summed E-state index contributed by atoms with van der Waals surface area (Å²) in [6, 6.07) is 0.424. The van der Waals surface area contributed by atoms with Crippen molar-refractivity contribution in [2.45, 2.75) is 43.1 Å². The van der Waals surface area contributed by atoms with Crippen LogP contribution in [0.15, 0.2) is 22.2 Å². The molecule has 0 radical (unpaired) electrons. The van der Waals surface area contributed by atoms with Gasteiger partial charge in [-0.25, -0.2) is 9.97 Å². The van der Waals surface area contributed by atoms with Crippen molar-refractivity contribution in [1.82, 2.24) is 14.5 Å². The minimum Gasteiger partial charge on any atom is -0.289 e. The lowest BCUT2D eigenvalue weighted by Gasteiger charge is -2.18. The molecule has 124 valence electrons. The van der Waals surface area contributed by atoms with Crippen LogP contribution in [0.1, 0.15) is 37.3 Å². The van der Waals surface area contributed by atoms with Gasteiger partial charge in [0.05, 0.1) is 16.4 Å². The molecule has 1 saturated carbocycles. The SMILES string of the molecule is CS(=O)c1ncc2c(C(F)(F)F)cc(=O)n(C3CCCC3)c2n1. The summed E-state index contributed by atoms with van der Waals surface area (Å²) >= 11 is 0. The van der Waals surface area contributed by atoms with E-state index in [4.69, 9.17) is 0 Å². The fraction of sp³-hybridized carbons (Fsp3) is 0.500. The summed E-state index contributed by atoms with van der Waals surface area (Å²) < 4.78 is 52.5. The second-order valence-corrected chi connectivity index (χ2v) is 6.82. The Kier molecular flexibility index (Phi) is 3.99. The molecule has 1 aliphatic rings. The van der Waals surface area contributed by atoms with Crippen molar-refractivity contribution in [3.63, 3.8) is 0 Å². The molecule has 1 unspecified atom stereocenters. The highest BCUT2D eigenvalue weighted by Crippen LogP contribution is 2.36. The Balaban J connectivity index is 2.37. The first-order valence-corrected chi connectivity index (χ1v) is 8.68. The molecule has 9 heteroatoms. The highest BCUT2D eigenvalue weighted by Gasteiger charge is 2.35. The van der Waals surface area contributed by atoms with Gasteiger partial charge in [-0.2, -0.15) is 13.2 Å². The minimum absolute atomic E-state index is 0.0806. The highest BCUT2D eigenvalue weighted by atomic mass is 32.2. The molecule has 0 bridgehead atoms. The van der Waals surface area contributed by atoms with E-state index in [2.05, 4.69) is 9.97 Å². The molecule has 5 nitrogen and oxygen atoms in total. The zero-order chi connectivity index (χ0) is 16.8. The molecule has 0 amide bonds. The lowest BCUT2D eigenvalue weighted by molar-refractivity contribution is -0.136. The van der Waals surface area contributed by atoms with E-state index in [1.54, 1.807) is 0 Å². The molecule has 0 N–H and O–H groups in total. The van der Waals surface area contributed by atoms with E-state index in [9.17, 15) is 22.2 Å². The third kappa shape index (κ3) is 2.89. The number of hydrogen-bond donors (Lipinski definition) is 0. The van der Waals surface area contributed by atoms with Gasteiger partial charge in [0.1, 0.15) is 5.65 Å². The largest absolute Gasteiger partial charge is 0.417 e. The summed E-state index contributed by atoms with van der Waals surface area (Å²) in [6.07, 6.45) is 0.931. The molecule has 0 aliphatic heterocycles. The molecule has 1 atom stereocenters. The predicted molar refractivity (Wildman–Crippen MR) is 78.6 cm³/mol. The number of aromatic nitrogens is 3. The van der Waals surface area contributed by atoms with Crippen LogP contribution in [0, 0.1) is 0 Å². The average Bonchev–Trinajstić information content (AvgIpc) is 2.98. The van der Waals surface area contributed by atoms with Crippen molar-refractivity contribution in [3.8, 4) is 0 Å². The van der Waals surface area contributed by atoms with E-state index in [1.165, 1.54) is 10.8 Å². The molecule has 2 aromatic heterocycles. The number of alkyl halides is 3. The first-order valence-electron chi connectivity index (χ1n) is 7.12. The van der Waals surface area contributed by atoms with Crippen LogP contribution in [-0.2, 0) is 17.0 Å². The average molecular weight is 345 g/mol. The third-order valence-corrected chi connectivity index (χ3v) is 4.73. The van der Waals surface area contributed by atoms with Crippen LogP contribution >= 0.6 is 0 Å². The summed E-state index contributed by atoms with van der Waals surface area (Å²) in [7, 11) is -1.55. The quantitative estimate of drug-likeness (QED) is 0.785. The van der Waals surface area contributed by atoms with E-state index in [-0.39, 0.29) is 22.2 Å². The van der Waals surface area contributed by atoms with E-state index in [0.29, 0.717) is 6.07 Å². The molecule has 2 aromatic rings. The molecular weight excluding hydrogens is 331 g/mol. The number of rotatable bonds is 2. The van der Waals surface area contributed by atoms with E-state index < -0.39 is 28.1 Å². The zero-order valence-electron chi connectivity index (χ0n) is 12.3. The Bertz CT molecular complexity index is 842. The summed E-state index contributed by atoms with van der Waals surface area (Å²) in [6.45, 7) is 0. The molecule has 23 heavy (non-hydrogen) atoms. The molecule has 0 spiro atoms. The molecule has 1 fully saturated rings. The first-order chi connectivity index (χ1) is 10.8. The molecule has 0 saturated heterocycles. The maximum atomic E-state index is 13.2. The van der Waals surface area contributed by atoms with Crippen LogP contribution in [0.4, 0.5) is 13.2 Å². The summed E-state index contributed by atoms with van der Waals surface area (Å²) in [5, 5.41) is -0.318. The van der Waals surface area contributed by atoms with Crippen molar-refractivity contribution < 1.29 is 17.4 Å². The Morgan fingerprint density at radius 1 is 1.30 bits per heavy atom.